The van der Waals surface area contributed by atoms with Crippen molar-refractivity contribution < 1.29 is 0 Å². The smallest absolute Gasteiger partial charge is 0.0980 e. The zero-order valence-electron chi connectivity index (χ0n) is 6.90. The highest BCUT2D eigenvalue weighted by Crippen LogP contribution is 2.43. The van der Waals surface area contributed by atoms with Gasteiger partial charge >= 0.3 is 0 Å². The van der Waals surface area contributed by atoms with Crippen molar-refractivity contribution in [2.75, 3.05) is 0 Å². The van der Waals surface area contributed by atoms with Crippen molar-refractivity contribution in [3.05, 3.63) is 17.4 Å². The van der Waals surface area contributed by atoms with Crippen molar-refractivity contribution in [2.45, 2.75) is 23.7 Å². The largest absolute Gasteiger partial charge is 0.262 e. The number of rotatable bonds is 1. The Morgan fingerprint density at radius 2 is 2.23 bits per heavy atom. The number of fused-ring (bicyclic) bond motifs is 1. The lowest BCUT2D eigenvalue weighted by atomic mass is 10.4. The Kier molecular flexibility index (Phi) is 1.60. The zero-order chi connectivity index (χ0) is 8.84. The molecule has 66 valence electrons. The summed E-state index contributed by atoms with van der Waals surface area (Å²) < 4.78 is 1.16. The van der Waals surface area contributed by atoms with Crippen molar-refractivity contribution in [3.8, 4) is 0 Å². The lowest BCUT2D eigenvalue weighted by molar-refractivity contribution is 1.09. The maximum absolute atomic E-state index is 4.58. The maximum Gasteiger partial charge on any atom is 0.0980 e. The summed E-state index contributed by atoms with van der Waals surface area (Å²) in [5.74, 6) is 0.727. The summed E-state index contributed by atoms with van der Waals surface area (Å²) in [7, 11) is 0. The third-order valence-corrected chi connectivity index (χ3v) is 3.71. The minimum atomic E-state index is 0.727. The molecular formula is C9H8N2S2. The zero-order valence-corrected chi connectivity index (χ0v) is 8.61. The topological polar surface area (TPSA) is 25.8 Å². The molecule has 0 bridgehead atoms. The van der Waals surface area contributed by atoms with Crippen molar-refractivity contribution in [2.24, 2.45) is 0 Å². The fourth-order valence-electron chi connectivity index (χ4n) is 1.36. The second kappa shape index (κ2) is 2.69. The number of thiol groups is 1. The molecule has 4 heteroatoms. The minimum absolute atomic E-state index is 0.727. The van der Waals surface area contributed by atoms with Gasteiger partial charge in [-0.15, -0.1) is 24.0 Å². The standard InChI is InChI=1S/C9H8N2S2/c12-6-3-10-4-7-8(6)11-9(13-7)5-1-2-5/h3-5,12H,1-2H2. The molecule has 0 amide bonds. The van der Waals surface area contributed by atoms with E-state index in [2.05, 4.69) is 22.6 Å². The van der Waals surface area contributed by atoms with Gasteiger partial charge in [0.05, 0.1) is 15.2 Å². The van der Waals surface area contributed by atoms with E-state index < -0.39 is 0 Å². The number of pyridine rings is 1. The average Bonchev–Trinajstić information content (AvgIpc) is 2.87. The third-order valence-electron chi connectivity index (χ3n) is 2.23. The Bertz CT molecular complexity index is 460. The molecule has 1 aliphatic carbocycles. The SMILES string of the molecule is Sc1cncc2sc(C3CC3)nc12. The van der Waals surface area contributed by atoms with Gasteiger partial charge in [-0.25, -0.2) is 4.98 Å². The lowest BCUT2D eigenvalue weighted by Crippen LogP contribution is -1.76. The first-order valence-electron chi connectivity index (χ1n) is 4.28. The van der Waals surface area contributed by atoms with E-state index in [-0.39, 0.29) is 0 Å². The van der Waals surface area contributed by atoms with E-state index in [1.807, 2.05) is 6.20 Å². The highest BCUT2D eigenvalue weighted by molar-refractivity contribution is 7.80. The monoisotopic (exact) mass is 208 g/mol. The van der Waals surface area contributed by atoms with Crippen LogP contribution < -0.4 is 0 Å². The number of thiazole rings is 1. The molecule has 0 aromatic carbocycles. The number of hydrogen-bond donors (Lipinski definition) is 1. The first kappa shape index (κ1) is 7.76. The van der Waals surface area contributed by atoms with Crippen molar-refractivity contribution >= 4 is 34.2 Å². The molecule has 2 aromatic rings. The molecule has 2 aromatic heterocycles. The van der Waals surface area contributed by atoms with Crippen LogP contribution in [0.4, 0.5) is 0 Å². The van der Waals surface area contributed by atoms with Gasteiger partial charge < -0.3 is 0 Å². The molecule has 1 fully saturated rings. The van der Waals surface area contributed by atoms with Gasteiger partial charge in [0.15, 0.2) is 0 Å². The quantitative estimate of drug-likeness (QED) is 0.729. The molecule has 1 saturated carbocycles. The van der Waals surface area contributed by atoms with Crippen LogP contribution >= 0.6 is 24.0 Å². The van der Waals surface area contributed by atoms with Crippen molar-refractivity contribution in [1.29, 1.82) is 0 Å². The first-order chi connectivity index (χ1) is 6.34. The van der Waals surface area contributed by atoms with Gasteiger partial charge in [-0.05, 0) is 12.8 Å². The molecule has 0 unspecified atom stereocenters. The van der Waals surface area contributed by atoms with Gasteiger partial charge in [0.1, 0.15) is 0 Å². The van der Waals surface area contributed by atoms with Gasteiger partial charge in [-0.3, -0.25) is 4.98 Å². The molecular weight excluding hydrogens is 200 g/mol. The van der Waals surface area contributed by atoms with Crippen molar-refractivity contribution in [1.82, 2.24) is 9.97 Å². The van der Waals surface area contributed by atoms with Gasteiger partial charge in [0.2, 0.25) is 0 Å². The Balaban J connectivity index is 2.26. The van der Waals surface area contributed by atoms with Gasteiger partial charge in [-0.1, -0.05) is 0 Å². The molecule has 0 radical (unpaired) electrons. The summed E-state index contributed by atoms with van der Waals surface area (Å²) in [6.07, 6.45) is 6.23. The fraction of sp³-hybridized carbons (Fsp3) is 0.333. The maximum atomic E-state index is 4.58. The Hall–Kier alpha value is -0.610. The van der Waals surface area contributed by atoms with E-state index in [1.165, 1.54) is 17.8 Å². The Morgan fingerprint density at radius 3 is 2.92 bits per heavy atom. The molecule has 0 atom stereocenters. The van der Waals surface area contributed by atoms with Crippen LogP contribution in [0.2, 0.25) is 0 Å². The summed E-state index contributed by atoms with van der Waals surface area (Å²) >= 11 is 6.09. The van der Waals surface area contributed by atoms with Crippen LogP contribution in [0.15, 0.2) is 17.3 Å². The van der Waals surface area contributed by atoms with E-state index >= 15 is 0 Å². The molecule has 13 heavy (non-hydrogen) atoms. The van der Waals surface area contributed by atoms with Gasteiger partial charge in [0, 0.05) is 23.2 Å². The fourth-order valence-corrected chi connectivity index (χ4v) is 2.80. The van der Waals surface area contributed by atoms with Crippen LogP contribution in [0.1, 0.15) is 23.8 Å². The number of hydrogen-bond acceptors (Lipinski definition) is 4. The molecule has 2 heterocycles. The molecule has 2 nitrogen and oxygen atoms in total. The van der Waals surface area contributed by atoms with E-state index in [0.717, 1.165) is 21.0 Å². The minimum Gasteiger partial charge on any atom is -0.262 e. The molecule has 3 rings (SSSR count). The van der Waals surface area contributed by atoms with Gasteiger partial charge in [-0.2, -0.15) is 0 Å². The first-order valence-corrected chi connectivity index (χ1v) is 5.54. The molecule has 0 spiro atoms. The Labute approximate surface area is 85.4 Å². The third kappa shape index (κ3) is 1.25. The predicted molar refractivity (Wildman–Crippen MR) is 56.6 cm³/mol. The van der Waals surface area contributed by atoms with Crippen molar-refractivity contribution in [3.63, 3.8) is 0 Å². The highest BCUT2D eigenvalue weighted by Gasteiger charge is 2.27. The summed E-state index contributed by atoms with van der Waals surface area (Å²) in [6, 6.07) is 0. The van der Waals surface area contributed by atoms with Crippen LogP contribution in [-0.2, 0) is 0 Å². The molecule has 0 aliphatic heterocycles. The van der Waals surface area contributed by atoms with E-state index in [1.54, 1.807) is 17.5 Å². The molecule has 0 saturated heterocycles. The average molecular weight is 208 g/mol. The van der Waals surface area contributed by atoms with Crippen LogP contribution in [0, 0.1) is 0 Å². The van der Waals surface area contributed by atoms with Crippen LogP contribution in [0.5, 0.6) is 0 Å². The number of aromatic nitrogens is 2. The van der Waals surface area contributed by atoms with Crippen LogP contribution in [0.3, 0.4) is 0 Å². The second-order valence-corrected chi connectivity index (χ2v) is 4.88. The van der Waals surface area contributed by atoms with E-state index in [4.69, 9.17) is 0 Å². The molecule has 0 N–H and O–H groups in total. The van der Waals surface area contributed by atoms with Crippen LogP contribution in [0.25, 0.3) is 10.2 Å². The van der Waals surface area contributed by atoms with Crippen LogP contribution in [-0.4, -0.2) is 9.97 Å². The normalized spacial score (nSPS) is 16.7. The highest BCUT2D eigenvalue weighted by atomic mass is 32.1. The van der Waals surface area contributed by atoms with E-state index in [9.17, 15) is 0 Å². The second-order valence-electron chi connectivity index (χ2n) is 3.33. The summed E-state index contributed by atoms with van der Waals surface area (Å²) in [5, 5.41) is 1.26. The summed E-state index contributed by atoms with van der Waals surface area (Å²) in [5.41, 5.74) is 1.02. The summed E-state index contributed by atoms with van der Waals surface area (Å²) in [4.78, 5) is 9.57. The van der Waals surface area contributed by atoms with E-state index in [0.29, 0.717) is 0 Å². The molecule has 1 aliphatic rings. The predicted octanol–water partition coefficient (Wildman–Crippen LogP) is 2.86. The van der Waals surface area contributed by atoms with Gasteiger partial charge in [0.25, 0.3) is 0 Å². The Morgan fingerprint density at radius 1 is 1.38 bits per heavy atom. The number of nitrogens with zero attached hydrogens (tertiary/aromatic N) is 2. The lowest BCUT2D eigenvalue weighted by Gasteiger charge is -1.88. The summed E-state index contributed by atoms with van der Waals surface area (Å²) in [6.45, 7) is 0.